The molecule has 0 saturated carbocycles. The van der Waals surface area contributed by atoms with Gasteiger partial charge in [0, 0.05) is 25.4 Å². The van der Waals surface area contributed by atoms with E-state index < -0.39 is 0 Å². The zero-order valence-corrected chi connectivity index (χ0v) is 11.7. The second kappa shape index (κ2) is 7.79. The fourth-order valence-corrected chi connectivity index (χ4v) is 1.99. The second-order valence-corrected chi connectivity index (χ2v) is 4.75. The molecule has 0 radical (unpaired) electrons. The van der Waals surface area contributed by atoms with E-state index in [1.54, 1.807) is 7.11 Å². The van der Waals surface area contributed by atoms with Crippen LogP contribution in [-0.2, 0) is 17.8 Å². The zero-order valence-electron chi connectivity index (χ0n) is 11.7. The molecule has 108 valence electrons. The first-order valence-corrected chi connectivity index (χ1v) is 6.70. The highest BCUT2D eigenvalue weighted by Crippen LogP contribution is 2.04. The average Bonchev–Trinajstić information content (AvgIpc) is 2.92. The molecule has 2 rings (SSSR count). The molecule has 1 atom stereocenters. The minimum atomic E-state index is -0.0440. The van der Waals surface area contributed by atoms with Gasteiger partial charge in [0.2, 0.25) is 0 Å². The Hall–Kier alpha value is -1.69. The van der Waals surface area contributed by atoms with Crippen molar-refractivity contribution < 1.29 is 9.84 Å². The van der Waals surface area contributed by atoms with Gasteiger partial charge in [0.1, 0.15) is 0 Å². The quantitative estimate of drug-likeness (QED) is 0.755. The van der Waals surface area contributed by atoms with E-state index in [9.17, 15) is 5.11 Å². The highest BCUT2D eigenvalue weighted by molar-refractivity contribution is 5.15. The number of hydrogen-bond donors (Lipinski definition) is 2. The predicted octanol–water partition coefficient (Wildman–Crippen LogP) is 1.03. The van der Waals surface area contributed by atoms with E-state index in [2.05, 4.69) is 22.5 Å². The van der Waals surface area contributed by atoms with Gasteiger partial charge in [-0.2, -0.15) is 5.10 Å². The molecule has 1 aromatic carbocycles. The van der Waals surface area contributed by atoms with Gasteiger partial charge in [-0.1, -0.05) is 30.3 Å². The second-order valence-electron chi connectivity index (χ2n) is 4.75. The van der Waals surface area contributed by atoms with E-state index in [1.165, 1.54) is 5.56 Å². The van der Waals surface area contributed by atoms with Crippen molar-refractivity contribution >= 4 is 0 Å². The van der Waals surface area contributed by atoms with Crippen molar-refractivity contribution in [3.63, 3.8) is 0 Å². The van der Waals surface area contributed by atoms with Gasteiger partial charge in [-0.05, 0) is 5.56 Å². The molecule has 0 saturated heterocycles. The smallest absolute Gasteiger partial charge is 0.0659 e. The number of aliphatic hydroxyl groups is 1. The average molecular weight is 275 g/mol. The molecule has 0 spiro atoms. The number of methoxy groups -OCH3 is 1. The maximum atomic E-state index is 9.17. The van der Waals surface area contributed by atoms with Crippen LogP contribution in [0.25, 0.3) is 0 Å². The van der Waals surface area contributed by atoms with Gasteiger partial charge in [-0.25, -0.2) is 0 Å². The van der Waals surface area contributed by atoms with E-state index in [1.807, 2.05) is 35.3 Å². The van der Waals surface area contributed by atoms with Gasteiger partial charge in [0.05, 0.1) is 32.0 Å². The minimum Gasteiger partial charge on any atom is -0.395 e. The summed E-state index contributed by atoms with van der Waals surface area (Å²) < 4.78 is 6.94. The molecule has 0 aliphatic carbocycles. The first-order chi connectivity index (χ1) is 9.81. The van der Waals surface area contributed by atoms with Gasteiger partial charge >= 0.3 is 0 Å². The van der Waals surface area contributed by atoms with Gasteiger partial charge in [-0.3, -0.25) is 4.68 Å². The van der Waals surface area contributed by atoms with Crippen LogP contribution >= 0.6 is 0 Å². The number of nitrogens with zero attached hydrogens (tertiary/aromatic N) is 2. The number of benzene rings is 1. The van der Waals surface area contributed by atoms with Crippen LogP contribution in [0.5, 0.6) is 0 Å². The van der Waals surface area contributed by atoms with Crippen LogP contribution in [0.1, 0.15) is 11.1 Å². The van der Waals surface area contributed by atoms with E-state index >= 15 is 0 Å². The molecule has 1 unspecified atom stereocenters. The minimum absolute atomic E-state index is 0.0440. The molecule has 1 heterocycles. The largest absolute Gasteiger partial charge is 0.395 e. The van der Waals surface area contributed by atoms with Crippen molar-refractivity contribution in [3.05, 3.63) is 53.9 Å². The fraction of sp³-hybridized carbons (Fsp3) is 0.400. The summed E-state index contributed by atoms with van der Waals surface area (Å²) in [6.07, 6.45) is 3.86. The van der Waals surface area contributed by atoms with Crippen molar-refractivity contribution in [1.82, 2.24) is 15.1 Å². The standard InChI is InChI=1S/C15H21N3O2/c1-20-12-15(11-19)16-7-14-8-17-18(10-14)9-13-5-3-2-4-6-13/h2-6,8,10,15-16,19H,7,9,11-12H2,1H3. The molecule has 0 amide bonds. The van der Waals surface area contributed by atoms with Crippen LogP contribution in [0.15, 0.2) is 42.7 Å². The van der Waals surface area contributed by atoms with E-state index in [-0.39, 0.29) is 12.6 Å². The Morgan fingerprint density at radius 3 is 2.80 bits per heavy atom. The molecule has 5 nitrogen and oxygen atoms in total. The predicted molar refractivity (Wildman–Crippen MR) is 77.4 cm³/mol. The summed E-state index contributed by atoms with van der Waals surface area (Å²) in [5.74, 6) is 0. The third-order valence-corrected chi connectivity index (χ3v) is 3.06. The normalized spacial score (nSPS) is 12.5. The first-order valence-electron chi connectivity index (χ1n) is 6.70. The van der Waals surface area contributed by atoms with Gasteiger partial charge in [0.15, 0.2) is 0 Å². The molecule has 0 aliphatic rings. The summed E-state index contributed by atoms with van der Waals surface area (Å²) >= 11 is 0. The number of nitrogens with one attached hydrogen (secondary N) is 1. The van der Waals surface area contributed by atoms with Crippen molar-refractivity contribution in [2.24, 2.45) is 0 Å². The Labute approximate surface area is 119 Å². The monoisotopic (exact) mass is 275 g/mol. The highest BCUT2D eigenvalue weighted by Gasteiger charge is 2.07. The maximum Gasteiger partial charge on any atom is 0.0659 e. The number of rotatable bonds is 8. The van der Waals surface area contributed by atoms with Crippen molar-refractivity contribution in [2.75, 3.05) is 20.3 Å². The summed E-state index contributed by atoms with van der Waals surface area (Å²) in [4.78, 5) is 0. The number of aliphatic hydroxyl groups excluding tert-OH is 1. The molecule has 0 fully saturated rings. The lowest BCUT2D eigenvalue weighted by Crippen LogP contribution is -2.35. The summed E-state index contributed by atoms with van der Waals surface area (Å²) in [5.41, 5.74) is 2.32. The molecule has 20 heavy (non-hydrogen) atoms. The summed E-state index contributed by atoms with van der Waals surface area (Å²) in [6.45, 7) is 1.99. The van der Waals surface area contributed by atoms with Crippen LogP contribution in [0, 0.1) is 0 Å². The van der Waals surface area contributed by atoms with E-state index in [4.69, 9.17) is 4.74 Å². The van der Waals surface area contributed by atoms with Crippen molar-refractivity contribution in [1.29, 1.82) is 0 Å². The van der Waals surface area contributed by atoms with Crippen LogP contribution < -0.4 is 5.32 Å². The number of hydrogen-bond acceptors (Lipinski definition) is 4. The molecular formula is C15H21N3O2. The third kappa shape index (κ3) is 4.45. The fourth-order valence-electron chi connectivity index (χ4n) is 1.99. The topological polar surface area (TPSA) is 59.3 Å². The van der Waals surface area contributed by atoms with E-state index in [0.29, 0.717) is 13.2 Å². The third-order valence-electron chi connectivity index (χ3n) is 3.06. The lowest BCUT2D eigenvalue weighted by molar-refractivity contribution is 0.128. The van der Waals surface area contributed by atoms with Crippen LogP contribution in [0.3, 0.4) is 0 Å². The van der Waals surface area contributed by atoms with Gasteiger partial charge in [0.25, 0.3) is 0 Å². The molecule has 5 heteroatoms. The molecule has 1 aromatic heterocycles. The lowest BCUT2D eigenvalue weighted by atomic mass is 10.2. The molecular weight excluding hydrogens is 254 g/mol. The number of aromatic nitrogens is 2. The molecule has 2 aromatic rings. The lowest BCUT2D eigenvalue weighted by Gasteiger charge is -2.14. The number of ether oxygens (including phenoxy) is 1. The Kier molecular flexibility index (Phi) is 5.73. The summed E-state index contributed by atoms with van der Waals surface area (Å²) in [5, 5.41) is 16.8. The Balaban J connectivity index is 1.86. The van der Waals surface area contributed by atoms with Gasteiger partial charge in [-0.15, -0.1) is 0 Å². The summed E-state index contributed by atoms with van der Waals surface area (Å²) in [6, 6.07) is 10.2. The zero-order chi connectivity index (χ0) is 14.2. The Morgan fingerprint density at radius 2 is 2.10 bits per heavy atom. The molecule has 0 bridgehead atoms. The summed E-state index contributed by atoms with van der Waals surface area (Å²) in [7, 11) is 1.63. The first kappa shape index (κ1) is 14.7. The van der Waals surface area contributed by atoms with Crippen LogP contribution in [-0.4, -0.2) is 41.3 Å². The van der Waals surface area contributed by atoms with Crippen LogP contribution in [0.4, 0.5) is 0 Å². The highest BCUT2D eigenvalue weighted by atomic mass is 16.5. The van der Waals surface area contributed by atoms with Crippen molar-refractivity contribution in [2.45, 2.75) is 19.1 Å². The van der Waals surface area contributed by atoms with Gasteiger partial charge < -0.3 is 15.2 Å². The molecule has 2 N–H and O–H groups in total. The Morgan fingerprint density at radius 1 is 1.30 bits per heavy atom. The maximum absolute atomic E-state index is 9.17. The SMILES string of the molecule is COCC(CO)NCc1cnn(Cc2ccccc2)c1. The molecule has 0 aliphatic heterocycles. The van der Waals surface area contributed by atoms with E-state index in [0.717, 1.165) is 12.1 Å². The van der Waals surface area contributed by atoms with Crippen molar-refractivity contribution in [3.8, 4) is 0 Å². The Bertz CT molecular complexity index is 499. The van der Waals surface area contributed by atoms with Crippen LogP contribution in [0.2, 0.25) is 0 Å².